The number of amides is 1. The molecule has 1 amide bonds. The van der Waals surface area contributed by atoms with Gasteiger partial charge in [0.15, 0.2) is 0 Å². The van der Waals surface area contributed by atoms with Crippen LogP contribution in [0.2, 0.25) is 0 Å². The number of aliphatic hydroxyl groups excluding tert-OH is 3. The lowest BCUT2D eigenvalue weighted by atomic mass is 10.0. The van der Waals surface area contributed by atoms with E-state index >= 15 is 0 Å². The summed E-state index contributed by atoms with van der Waals surface area (Å²) in [7, 11) is 0. The Hall–Kier alpha value is -1.69. The first-order chi connectivity index (χ1) is 28.6. The maximum atomic E-state index is 12.4. The van der Waals surface area contributed by atoms with Crippen LogP contribution < -0.4 is 5.32 Å². The second-order valence-electron chi connectivity index (χ2n) is 17.4. The van der Waals surface area contributed by atoms with Crippen molar-refractivity contribution < 1.29 is 20.1 Å². The number of carbonyl (C=O) groups is 1. The molecule has 0 aromatic carbocycles. The molecule has 0 aliphatic heterocycles. The van der Waals surface area contributed by atoms with E-state index in [9.17, 15) is 20.1 Å². The number of unbranched alkanes of at least 4 members (excludes halogenated alkanes) is 30. The van der Waals surface area contributed by atoms with Gasteiger partial charge >= 0.3 is 0 Å². The Kier molecular flexibility index (Phi) is 46.6. The molecule has 0 heterocycles. The highest BCUT2D eigenvalue weighted by atomic mass is 16.3. The van der Waals surface area contributed by atoms with E-state index in [2.05, 4.69) is 67.8 Å². The Morgan fingerprint density at radius 2 is 0.776 bits per heavy atom. The third kappa shape index (κ3) is 42.4. The maximum absolute atomic E-state index is 12.4. The van der Waals surface area contributed by atoms with Gasteiger partial charge in [-0.05, 0) is 77.0 Å². The second-order valence-corrected chi connectivity index (χ2v) is 17.4. The van der Waals surface area contributed by atoms with Crippen LogP contribution in [0.25, 0.3) is 0 Å². The van der Waals surface area contributed by atoms with Gasteiger partial charge in [-0.15, -0.1) is 0 Å². The van der Waals surface area contributed by atoms with E-state index in [1.165, 1.54) is 173 Å². The summed E-state index contributed by atoms with van der Waals surface area (Å²) < 4.78 is 0. The quantitative estimate of drug-likeness (QED) is 0.0364. The van der Waals surface area contributed by atoms with E-state index in [0.29, 0.717) is 12.8 Å². The minimum absolute atomic E-state index is 0.159. The van der Waals surface area contributed by atoms with Gasteiger partial charge in [0.25, 0.3) is 0 Å². The monoisotopic (exact) mass is 814 g/mol. The molecule has 0 radical (unpaired) electrons. The van der Waals surface area contributed by atoms with Gasteiger partial charge in [0.05, 0.1) is 18.8 Å². The molecule has 0 fully saturated rings. The van der Waals surface area contributed by atoms with Gasteiger partial charge in [-0.3, -0.25) is 4.79 Å². The molecular weight excluding hydrogens is 715 g/mol. The zero-order valence-electron chi connectivity index (χ0n) is 38.7. The van der Waals surface area contributed by atoms with Crippen LogP contribution in [0, 0.1) is 0 Å². The molecule has 0 saturated carbocycles. The second kappa shape index (κ2) is 48.0. The molecule has 0 aliphatic rings. The zero-order chi connectivity index (χ0) is 42.3. The first-order valence-electron chi connectivity index (χ1n) is 25.4. The average molecular weight is 814 g/mol. The Morgan fingerprint density at radius 1 is 0.431 bits per heavy atom. The molecule has 0 rings (SSSR count). The van der Waals surface area contributed by atoms with Gasteiger partial charge in [-0.1, -0.05) is 223 Å². The first-order valence-corrected chi connectivity index (χ1v) is 25.4. The van der Waals surface area contributed by atoms with Crippen molar-refractivity contribution >= 4 is 5.91 Å². The molecule has 0 bridgehead atoms. The van der Waals surface area contributed by atoms with Crippen LogP contribution in [0.3, 0.4) is 0 Å². The number of nitrogens with one attached hydrogen (secondary N) is 1. The molecule has 0 aliphatic carbocycles. The summed E-state index contributed by atoms with van der Waals surface area (Å²) in [4.78, 5) is 12.4. The van der Waals surface area contributed by atoms with Gasteiger partial charge in [0, 0.05) is 6.42 Å². The summed E-state index contributed by atoms with van der Waals surface area (Å²) in [5, 5.41) is 33.4. The van der Waals surface area contributed by atoms with E-state index in [4.69, 9.17) is 0 Å². The lowest BCUT2D eigenvalue weighted by Gasteiger charge is -2.26. The number of allylic oxidation sites excluding steroid dienone is 8. The topological polar surface area (TPSA) is 89.8 Å². The van der Waals surface area contributed by atoms with E-state index in [1.54, 1.807) is 0 Å². The highest BCUT2D eigenvalue weighted by Gasteiger charge is 2.26. The summed E-state index contributed by atoms with van der Waals surface area (Å²) in [5.74, 6) is -0.159. The van der Waals surface area contributed by atoms with Gasteiger partial charge in [0.1, 0.15) is 6.10 Å². The Balaban J connectivity index is 3.51. The molecule has 5 heteroatoms. The minimum Gasteiger partial charge on any atom is -0.394 e. The molecule has 5 nitrogen and oxygen atoms in total. The minimum atomic E-state index is -1.17. The smallest absolute Gasteiger partial charge is 0.220 e. The summed E-state index contributed by atoms with van der Waals surface area (Å²) in [5.41, 5.74) is 0. The number of rotatable bonds is 46. The van der Waals surface area contributed by atoms with Gasteiger partial charge in [-0.2, -0.15) is 0 Å². The van der Waals surface area contributed by atoms with Crippen LogP contribution in [0.15, 0.2) is 48.6 Å². The summed E-state index contributed by atoms with van der Waals surface area (Å²) >= 11 is 0. The largest absolute Gasteiger partial charge is 0.394 e. The predicted molar refractivity (Wildman–Crippen MR) is 254 cm³/mol. The van der Waals surface area contributed by atoms with E-state index < -0.39 is 18.2 Å². The summed E-state index contributed by atoms with van der Waals surface area (Å²) in [6, 6.07) is -0.831. The van der Waals surface area contributed by atoms with Crippen LogP contribution in [-0.2, 0) is 4.79 Å². The van der Waals surface area contributed by atoms with Crippen LogP contribution in [-0.4, -0.2) is 46.1 Å². The molecule has 3 atom stereocenters. The third-order valence-electron chi connectivity index (χ3n) is 11.6. The number of aliphatic hydroxyl groups is 3. The fraction of sp³-hybridized carbons (Fsp3) is 0.830. The van der Waals surface area contributed by atoms with Crippen LogP contribution in [0.4, 0.5) is 0 Å². The van der Waals surface area contributed by atoms with Crippen molar-refractivity contribution in [3.8, 4) is 0 Å². The van der Waals surface area contributed by atoms with Gasteiger partial charge in [0.2, 0.25) is 5.91 Å². The van der Waals surface area contributed by atoms with Gasteiger partial charge < -0.3 is 20.6 Å². The normalized spacial score (nSPS) is 13.8. The average Bonchev–Trinajstić information content (AvgIpc) is 3.23. The van der Waals surface area contributed by atoms with Crippen LogP contribution in [0.1, 0.15) is 258 Å². The fourth-order valence-electron chi connectivity index (χ4n) is 7.67. The highest BCUT2D eigenvalue weighted by molar-refractivity contribution is 5.76. The molecular formula is C53H99NO4. The van der Waals surface area contributed by atoms with Crippen molar-refractivity contribution in [1.29, 1.82) is 0 Å². The Morgan fingerprint density at radius 3 is 1.21 bits per heavy atom. The third-order valence-corrected chi connectivity index (χ3v) is 11.6. The van der Waals surface area contributed by atoms with E-state index in [0.717, 1.165) is 57.8 Å². The van der Waals surface area contributed by atoms with Crippen molar-refractivity contribution in [2.24, 2.45) is 0 Å². The molecule has 4 N–H and O–H groups in total. The van der Waals surface area contributed by atoms with Crippen molar-refractivity contribution in [1.82, 2.24) is 5.32 Å². The maximum Gasteiger partial charge on any atom is 0.220 e. The number of hydrogen-bond donors (Lipinski definition) is 4. The van der Waals surface area contributed by atoms with Crippen molar-refractivity contribution in [3.63, 3.8) is 0 Å². The van der Waals surface area contributed by atoms with Crippen LogP contribution >= 0.6 is 0 Å². The fourth-order valence-corrected chi connectivity index (χ4v) is 7.67. The highest BCUT2D eigenvalue weighted by Crippen LogP contribution is 2.16. The Bertz CT molecular complexity index is 943. The molecule has 0 aromatic rings. The first kappa shape index (κ1) is 56.3. The number of carbonyl (C=O) groups excluding carboxylic acids is 1. The van der Waals surface area contributed by atoms with Crippen molar-refractivity contribution in [2.75, 3.05) is 6.61 Å². The molecule has 3 unspecified atom stereocenters. The molecule has 0 spiro atoms. The Labute approximate surface area is 361 Å². The van der Waals surface area contributed by atoms with Crippen molar-refractivity contribution in [2.45, 2.75) is 276 Å². The molecule has 0 aromatic heterocycles. The van der Waals surface area contributed by atoms with E-state index in [-0.39, 0.29) is 12.5 Å². The SMILES string of the molecule is CCCC/C=C/CC/C=C/CCCC(O)C(O)C(CO)NC(=O)CCCCCCCCCCCCCCCCCCC/C=C\C/C=C\CCCCCCCCCCC. The summed E-state index contributed by atoms with van der Waals surface area (Å²) in [6.45, 7) is 4.11. The molecule has 58 heavy (non-hydrogen) atoms. The molecule has 340 valence electrons. The standard InChI is InChI=1S/C53H99NO4/c1-3-5-7-9-11-13-15-16-17-18-19-20-21-22-23-24-25-26-27-28-29-30-31-32-33-34-35-36-38-40-42-44-46-48-52(57)54-50(49-55)53(58)51(56)47-45-43-41-39-37-14-12-10-8-6-4-2/h10,12,19-20,22-23,39,41,50-51,53,55-56,58H,3-9,11,13-18,21,24-38,40,42-49H2,1-2H3,(H,54,57)/b12-10+,20-19-,23-22-,41-39+. The van der Waals surface area contributed by atoms with E-state index in [1.807, 2.05) is 0 Å². The van der Waals surface area contributed by atoms with Crippen molar-refractivity contribution in [3.05, 3.63) is 48.6 Å². The van der Waals surface area contributed by atoms with Gasteiger partial charge in [-0.25, -0.2) is 0 Å². The lowest BCUT2D eigenvalue weighted by molar-refractivity contribution is -0.124. The lowest BCUT2D eigenvalue weighted by Crippen LogP contribution is -2.50. The number of hydrogen-bond acceptors (Lipinski definition) is 4. The zero-order valence-corrected chi connectivity index (χ0v) is 38.7. The molecule has 0 saturated heterocycles. The summed E-state index contributed by atoms with van der Waals surface area (Å²) in [6.07, 6.45) is 62.7. The predicted octanol–water partition coefficient (Wildman–Crippen LogP) is 15.3. The van der Waals surface area contributed by atoms with Crippen LogP contribution in [0.5, 0.6) is 0 Å².